The number of piperidine rings is 1. The number of pyridine rings is 1. The molecule has 7 rings (SSSR count). The monoisotopic (exact) mass is 817 g/mol. The number of likely N-dealkylation sites (tertiary alicyclic amines) is 1. The van der Waals surface area contributed by atoms with Crippen molar-refractivity contribution in [1.29, 1.82) is 0 Å². The van der Waals surface area contributed by atoms with Gasteiger partial charge in [-0.05, 0) is 55.2 Å². The number of hydrogen-bond donors (Lipinski definition) is 2. The molecular formula is C43H48ClN3O9S. The molecule has 5 atom stereocenters. The van der Waals surface area contributed by atoms with E-state index in [1.165, 1.54) is 20.3 Å². The predicted molar refractivity (Wildman–Crippen MR) is 216 cm³/mol. The lowest BCUT2D eigenvalue weighted by atomic mass is 9.69. The summed E-state index contributed by atoms with van der Waals surface area (Å²) in [4.78, 5) is 70.4. The number of allylic oxidation sites excluding steroid dienone is 1. The van der Waals surface area contributed by atoms with E-state index in [0.29, 0.717) is 51.0 Å². The lowest BCUT2D eigenvalue weighted by Crippen LogP contribution is -2.53. The van der Waals surface area contributed by atoms with Crippen molar-refractivity contribution in [3.05, 3.63) is 92.1 Å². The Morgan fingerprint density at radius 3 is 2.51 bits per heavy atom. The molecule has 57 heavy (non-hydrogen) atoms. The molecule has 1 fully saturated rings. The number of Topliss-reactive ketones (excluding diaryl/α,β-unsaturated/α-hetero) is 2. The number of ketones is 2. The van der Waals surface area contributed by atoms with Gasteiger partial charge in [0.25, 0.3) is 5.56 Å². The Morgan fingerprint density at radius 2 is 1.79 bits per heavy atom. The fourth-order valence-corrected chi connectivity index (χ4v) is 9.76. The molecule has 2 amide bonds. The molecule has 3 aliphatic heterocycles. The smallest absolute Gasteiger partial charge is 0.250 e. The third kappa shape index (κ3) is 7.44. The van der Waals surface area contributed by atoms with Crippen molar-refractivity contribution < 1.29 is 38.5 Å². The Morgan fingerprint density at radius 1 is 1.04 bits per heavy atom. The van der Waals surface area contributed by atoms with Crippen LogP contribution < -0.4 is 25.1 Å². The molecule has 302 valence electrons. The zero-order valence-electron chi connectivity index (χ0n) is 32.6. The Hall–Kier alpha value is -4.75. The Balaban J connectivity index is 1.02. The summed E-state index contributed by atoms with van der Waals surface area (Å²) in [5.41, 5.74) is -0.338. The number of hydrogen-bond acceptors (Lipinski definition) is 10. The van der Waals surface area contributed by atoms with Gasteiger partial charge in [-0.2, -0.15) is 0 Å². The molecule has 2 aromatic carbocycles. The van der Waals surface area contributed by atoms with E-state index in [4.69, 9.17) is 25.8 Å². The number of nitrogens with one attached hydrogen (secondary N) is 1. The highest BCUT2D eigenvalue weighted by atomic mass is 35.5. The first-order valence-electron chi connectivity index (χ1n) is 19.4. The maximum atomic E-state index is 14.4. The van der Waals surface area contributed by atoms with E-state index < -0.39 is 29.0 Å². The van der Waals surface area contributed by atoms with Crippen LogP contribution in [0.5, 0.6) is 17.2 Å². The number of aliphatic hydroxyl groups excluding tert-OH is 1. The number of carbonyl (C=O) groups excluding carboxylic acids is 4. The topological polar surface area (TPSA) is 153 Å². The highest BCUT2D eigenvalue weighted by Gasteiger charge is 2.61. The molecule has 12 nitrogen and oxygen atoms in total. The van der Waals surface area contributed by atoms with Gasteiger partial charge in [0.15, 0.2) is 17.3 Å². The van der Waals surface area contributed by atoms with Crippen LogP contribution in [0.15, 0.2) is 69.6 Å². The first-order chi connectivity index (χ1) is 27.4. The maximum Gasteiger partial charge on any atom is 0.250 e. The van der Waals surface area contributed by atoms with Crippen molar-refractivity contribution in [3.63, 3.8) is 0 Å². The molecule has 3 aromatic rings. The number of aliphatic hydroxyl groups is 1. The minimum Gasteiger partial charge on any atom is -0.507 e. The SMILES string of the molecule is COc1cc(OC)c2c(c1Cl)OC1(C2=O)C(O)=C(C(CC(=O)NCCCCCC(=O)N2C[C@H]3C[C@@H](C2)c2cccc(=O)n2C3)c2ccc(SC)cc2)C(=O)CC1C. The van der Waals surface area contributed by atoms with E-state index in [1.807, 2.05) is 46.1 Å². The van der Waals surface area contributed by atoms with Gasteiger partial charge in [-0.25, -0.2) is 0 Å². The Labute approximate surface area is 340 Å². The van der Waals surface area contributed by atoms with Crippen LogP contribution in [0.2, 0.25) is 5.02 Å². The number of carbonyl (C=O) groups is 4. The average Bonchev–Trinajstić information content (AvgIpc) is 3.52. The number of amides is 2. The summed E-state index contributed by atoms with van der Waals surface area (Å²) in [6.07, 6.45) is 5.10. The zero-order valence-corrected chi connectivity index (χ0v) is 34.2. The third-order valence-electron chi connectivity index (χ3n) is 12.0. The van der Waals surface area contributed by atoms with Crippen LogP contribution in [0.3, 0.4) is 0 Å². The number of unbranched alkanes of at least 4 members (excludes halogenated alkanes) is 2. The minimum atomic E-state index is -1.98. The van der Waals surface area contributed by atoms with Crippen LogP contribution in [0, 0.1) is 11.8 Å². The first-order valence-corrected chi connectivity index (χ1v) is 21.0. The van der Waals surface area contributed by atoms with Crippen molar-refractivity contribution >= 4 is 46.7 Å². The second kappa shape index (κ2) is 16.6. The summed E-state index contributed by atoms with van der Waals surface area (Å²) in [6.45, 7) is 3.95. The van der Waals surface area contributed by atoms with Crippen molar-refractivity contribution in [1.82, 2.24) is 14.8 Å². The number of aromatic nitrogens is 1. The Kier molecular flexibility index (Phi) is 11.8. The van der Waals surface area contributed by atoms with Gasteiger partial charge in [-0.15, -0.1) is 11.8 Å². The minimum absolute atomic E-state index is 0.00689. The van der Waals surface area contributed by atoms with E-state index >= 15 is 0 Å². The maximum absolute atomic E-state index is 14.4. The molecule has 1 saturated heterocycles. The van der Waals surface area contributed by atoms with E-state index in [9.17, 15) is 29.1 Å². The number of nitrogens with zero attached hydrogens (tertiary/aromatic N) is 2. The molecule has 3 unspecified atom stereocenters. The summed E-state index contributed by atoms with van der Waals surface area (Å²) in [6, 6.07) is 14.3. The van der Waals surface area contributed by atoms with Crippen LogP contribution in [-0.2, 0) is 20.9 Å². The highest BCUT2D eigenvalue weighted by molar-refractivity contribution is 7.98. The van der Waals surface area contributed by atoms with Crippen LogP contribution >= 0.6 is 23.4 Å². The van der Waals surface area contributed by atoms with Crippen molar-refractivity contribution in [2.24, 2.45) is 11.8 Å². The number of benzene rings is 2. The average molecular weight is 818 g/mol. The fraction of sp³-hybridized carbons (Fsp3) is 0.465. The quantitative estimate of drug-likeness (QED) is 0.145. The van der Waals surface area contributed by atoms with E-state index in [-0.39, 0.29) is 81.2 Å². The van der Waals surface area contributed by atoms with Crippen molar-refractivity contribution in [2.45, 2.75) is 80.7 Å². The van der Waals surface area contributed by atoms with Crippen molar-refractivity contribution in [3.8, 4) is 17.2 Å². The van der Waals surface area contributed by atoms with Gasteiger partial charge < -0.3 is 34.1 Å². The molecular weight excluding hydrogens is 770 g/mol. The predicted octanol–water partition coefficient (Wildman–Crippen LogP) is 6.47. The van der Waals surface area contributed by atoms with Gasteiger partial charge in [-0.1, -0.05) is 43.1 Å². The first kappa shape index (κ1) is 40.4. The molecule has 0 radical (unpaired) electrons. The van der Waals surface area contributed by atoms with Crippen LogP contribution in [0.1, 0.15) is 85.3 Å². The number of methoxy groups -OCH3 is 2. The molecule has 1 spiro atoms. The molecule has 4 aliphatic rings. The molecule has 1 aliphatic carbocycles. The Bertz CT molecular complexity index is 2190. The number of rotatable bonds is 13. The second-order valence-corrected chi connectivity index (χ2v) is 16.7. The summed E-state index contributed by atoms with van der Waals surface area (Å²) in [5.74, 6) is -2.63. The fourth-order valence-electron chi connectivity index (χ4n) is 9.08. The second-order valence-electron chi connectivity index (χ2n) is 15.4. The summed E-state index contributed by atoms with van der Waals surface area (Å²) < 4.78 is 19.1. The van der Waals surface area contributed by atoms with Gasteiger partial charge >= 0.3 is 0 Å². The van der Waals surface area contributed by atoms with Crippen LogP contribution in [-0.4, -0.2) is 83.7 Å². The molecule has 0 saturated carbocycles. The third-order valence-corrected chi connectivity index (χ3v) is 13.1. The number of thioether (sulfide) groups is 1. The van der Waals surface area contributed by atoms with Gasteiger partial charge in [0.05, 0.1) is 14.2 Å². The van der Waals surface area contributed by atoms with Crippen LogP contribution in [0.4, 0.5) is 0 Å². The largest absolute Gasteiger partial charge is 0.507 e. The summed E-state index contributed by atoms with van der Waals surface area (Å²) >= 11 is 8.17. The molecule has 1 aromatic heterocycles. The summed E-state index contributed by atoms with van der Waals surface area (Å²) in [7, 11) is 2.81. The van der Waals surface area contributed by atoms with Gasteiger partial charge in [0.2, 0.25) is 23.2 Å². The summed E-state index contributed by atoms with van der Waals surface area (Å²) in [5, 5.41) is 15.2. The standard InChI is InChI=1S/C43H48ClN3O9S/c1-24-17-31(48)37(41(52)43(24)42(53)38-32(54-2)20-33(55-3)39(44)40(38)56-43)29(26-12-14-28(57-4)15-13-26)19-34(49)45-16-7-5-6-10-35(50)46-21-25-18-27(23-46)30-9-8-11-36(51)47(30)22-25/h8-9,11-15,20,24-25,27,29,52H,5-7,10,16-19,21-23H2,1-4H3,(H,45,49)/t24?,25-,27+,29?,43?/m1/s1. The zero-order chi connectivity index (χ0) is 40.6. The van der Waals surface area contributed by atoms with E-state index in [0.717, 1.165) is 23.4 Å². The molecule has 2 bridgehead atoms. The highest BCUT2D eigenvalue weighted by Crippen LogP contribution is 2.56. The van der Waals surface area contributed by atoms with E-state index in [2.05, 4.69) is 5.32 Å². The molecule has 14 heteroatoms. The molecule has 2 N–H and O–H groups in total. The normalized spacial score (nSPS) is 22.8. The lowest BCUT2D eigenvalue weighted by molar-refractivity contribution is -0.134. The number of ether oxygens (including phenoxy) is 3. The van der Waals surface area contributed by atoms with Crippen LogP contribution in [0.25, 0.3) is 0 Å². The van der Waals surface area contributed by atoms with E-state index in [1.54, 1.807) is 30.8 Å². The number of fused-ring (bicyclic) bond motifs is 5. The van der Waals surface area contributed by atoms with Gasteiger partial charge in [0, 0.05) is 91.5 Å². The van der Waals surface area contributed by atoms with Crippen molar-refractivity contribution in [2.75, 3.05) is 40.1 Å². The molecule has 4 heterocycles. The van der Waals surface area contributed by atoms with Gasteiger partial charge in [-0.3, -0.25) is 24.0 Å². The number of halogens is 1. The lowest BCUT2D eigenvalue weighted by Gasteiger charge is -2.42. The van der Waals surface area contributed by atoms with Gasteiger partial charge in [0.1, 0.15) is 22.1 Å².